The average Bonchev–Trinajstić information content (AvgIpc) is 3.05. The van der Waals surface area contributed by atoms with E-state index in [0.717, 1.165) is 18.9 Å². The number of carbonyl (C=O) groups excluding carboxylic acids is 2. The molecule has 1 aliphatic rings. The second-order valence-corrected chi connectivity index (χ2v) is 5.12. The van der Waals surface area contributed by atoms with Gasteiger partial charge in [-0.1, -0.05) is 0 Å². The smallest absolute Gasteiger partial charge is 0.243 e. The van der Waals surface area contributed by atoms with Gasteiger partial charge in [-0.15, -0.1) is 0 Å². The van der Waals surface area contributed by atoms with Crippen molar-refractivity contribution < 1.29 is 23.5 Å². The summed E-state index contributed by atoms with van der Waals surface area (Å²) >= 11 is 0. The number of hydrogen-bond donors (Lipinski definition) is 3. The van der Waals surface area contributed by atoms with E-state index in [2.05, 4.69) is 10.6 Å². The number of carbonyl (C=O) groups is 2. The maximum Gasteiger partial charge on any atom is 0.243 e. The third-order valence-electron chi connectivity index (χ3n) is 3.30. The largest absolute Gasteiger partial charge is 0.489 e. The van der Waals surface area contributed by atoms with Crippen LogP contribution in [0, 0.1) is 5.82 Å². The molecule has 126 valence electrons. The monoisotopic (exact) mass is 325 g/mol. The van der Waals surface area contributed by atoms with E-state index in [1.165, 1.54) is 12.1 Å². The van der Waals surface area contributed by atoms with E-state index in [0.29, 0.717) is 19.0 Å². The van der Waals surface area contributed by atoms with Crippen molar-refractivity contribution in [2.24, 2.45) is 5.73 Å². The highest BCUT2D eigenvalue weighted by molar-refractivity contribution is 5.95. The predicted molar refractivity (Wildman–Crippen MR) is 81.6 cm³/mol. The van der Waals surface area contributed by atoms with Crippen LogP contribution in [0.15, 0.2) is 18.2 Å². The fourth-order valence-electron chi connectivity index (χ4n) is 2.13. The maximum atomic E-state index is 13.4. The minimum atomic E-state index is -0.504. The fraction of sp³-hybridized carbons (Fsp3) is 0.467. The predicted octanol–water partition coefficient (Wildman–Crippen LogP) is 0.397. The van der Waals surface area contributed by atoms with Gasteiger partial charge in [0.05, 0.1) is 24.9 Å². The van der Waals surface area contributed by atoms with Crippen LogP contribution >= 0.6 is 0 Å². The van der Waals surface area contributed by atoms with Crippen LogP contribution in [0.2, 0.25) is 0 Å². The van der Waals surface area contributed by atoms with Crippen molar-refractivity contribution in [3.8, 4) is 5.75 Å². The highest BCUT2D eigenvalue weighted by Crippen LogP contribution is 2.26. The molecule has 1 saturated heterocycles. The fourth-order valence-corrected chi connectivity index (χ4v) is 2.13. The summed E-state index contributed by atoms with van der Waals surface area (Å²) in [5.74, 6) is -1.11. The molecule has 2 rings (SSSR count). The van der Waals surface area contributed by atoms with Gasteiger partial charge in [0.1, 0.15) is 18.2 Å². The number of rotatable bonds is 7. The zero-order valence-electron chi connectivity index (χ0n) is 12.6. The second kappa shape index (κ2) is 8.44. The van der Waals surface area contributed by atoms with Gasteiger partial charge >= 0.3 is 0 Å². The van der Waals surface area contributed by atoms with Crippen molar-refractivity contribution >= 4 is 17.5 Å². The molecule has 1 fully saturated rings. The van der Waals surface area contributed by atoms with Gasteiger partial charge in [0.25, 0.3) is 0 Å². The number of amides is 2. The molecule has 8 heteroatoms. The molecule has 7 nitrogen and oxygen atoms in total. The van der Waals surface area contributed by atoms with Gasteiger partial charge in [-0.3, -0.25) is 9.59 Å². The van der Waals surface area contributed by atoms with Crippen LogP contribution in [0.4, 0.5) is 10.1 Å². The summed E-state index contributed by atoms with van der Waals surface area (Å²) in [5.41, 5.74) is 5.33. The first kappa shape index (κ1) is 17.2. The lowest BCUT2D eigenvalue weighted by Crippen LogP contribution is -2.36. The van der Waals surface area contributed by atoms with E-state index in [9.17, 15) is 14.0 Å². The van der Waals surface area contributed by atoms with Crippen molar-refractivity contribution in [1.29, 1.82) is 0 Å². The number of nitrogens with one attached hydrogen (secondary N) is 2. The van der Waals surface area contributed by atoms with E-state index in [1.54, 1.807) is 0 Å². The van der Waals surface area contributed by atoms with E-state index >= 15 is 0 Å². The molecule has 4 N–H and O–H groups in total. The summed E-state index contributed by atoms with van der Waals surface area (Å²) < 4.78 is 24.5. The molecular weight excluding hydrogens is 305 g/mol. The standard InChI is InChI=1S/C15H20FN3O4/c16-10-3-4-13(23-9-11-2-1-5-22-11)12(6-10)19-15(21)8-18-14(20)7-17/h3-4,6,11H,1-2,5,7-9,17H2,(H,18,20)(H,19,21). The third-order valence-corrected chi connectivity index (χ3v) is 3.30. The average molecular weight is 325 g/mol. The molecule has 1 aromatic rings. The molecule has 1 heterocycles. The zero-order valence-corrected chi connectivity index (χ0v) is 12.6. The summed E-state index contributed by atoms with van der Waals surface area (Å²) in [6, 6.07) is 3.85. The Morgan fingerprint density at radius 2 is 2.22 bits per heavy atom. The Morgan fingerprint density at radius 1 is 1.39 bits per heavy atom. The summed E-state index contributed by atoms with van der Waals surface area (Å²) in [6.45, 7) is 0.584. The van der Waals surface area contributed by atoms with Gasteiger partial charge in [0.2, 0.25) is 11.8 Å². The van der Waals surface area contributed by atoms with Crippen LogP contribution < -0.4 is 21.1 Å². The van der Waals surface area contributed by atoms with Crippen LogP contribution in [-0.4, -0.2) is 44.2 Å². The molecule has 1 unspecified atom stereocenters. The van der Waals surface area contributed by atoms with Crippen molar-refractivity contribution in [2.75, 3.05) is 31.6 Å². The Kier molecular flexibility index (Phi) is 6.30. The quantitative estimate of drug-likeness (QED) is 0.673. The van der Waals surface area contributed by atoms with Crippen molar-refractivity contribution in [2.45, 2.75) is 18.9 Å². The molecule has 1 aromatic carbocycles. The molecule has 0 aromatic heterocycles. The first-order valence-electron chi connectivity index (χ1n) is 7.39. The summed E-state index contributed by atoms with van der Waals surface area (Å²) in [6.07, 6.45) is 1.91. The van der Waals surface area contributed by atoms with Crippen LogP contribution in [0.1, 0.15) is 12.8 Å². The van der Waals surface area contributed by atoms with Crippen LogP contribution in [-0.2, 0) is 14.3 Å². The number of halogens is 1. The molecule has 2 amide bonds. The molecule has 0 aliphatic carbocycles. The topological polar surface area (TPSA) is 103 Å². The van der Waals surface area contributed by atoms with Crippen molar-refractivity contribution in [3.05, 3.63) is 24.0 Å². The number of nitrogens with two attached hydrogens (primary N) is 1. The number of anilines is 1. The molecule has 0 spiro atoms. The molecule has 0 saturated carbocycles. The normalized spacial score (nSPS) is 16.9. The summed E-state index contributed by atoms with van der Waals surface area (Å²) in [5, 5.41) is 4.84. The lowest BCUT2D eigenvalue weighted by molar-refractivity contribution is -0.123. The Hall–Kier alpha value is -2.19. The van der Waals surface area contributed by atoms with E-state index < -0.39 is 17.6 Å². The Morgan fingerprint density at radius 3 is 2.91 bits per heavy atom. The molecule has 1 aliphatic heterocycles. The van der Waals surface area contributed by atoms with E-state index in [4.69, 9.17) is 15.2 Å². The molecule has 1 atom stereocenters. The summed E-state index contributed by atoms with van der Waals surface area (Å²) in [7, 11) is 0. The van der Waals surface area contributed by atoms with Gasteiger partial charge in [-0.05, 0) is 25.0 Å². The SMILES string of the molecule is NCC(=O)NCC(=O)Nc1cc(F)ccc1OCC1CCCO1. The van der Waals surface area contributed by atoms with E-state index in [-0.39, 0.29) is 24.9 Å². The highest BCUT2D eigenvalue weighted by Gasteiger charge is 2.17. The Balaban J connectivity index is 1.94. The third kappa shape index (κ3) is 5.50. The molecular formula is C15H20FN3O4. The van der Waals surface area contributed by atoms with Crippen molar-refractivity contribution in [1.82, 2.24) is 5.32 Å². The second-order valence-electron chi connectivity index (χ2n) is 5.12. The molecule has 0 radical (unpaired) electrons. The lowest BCUT2D eigenvalue weighted by Gasteiger charge is -2.15. The number of ether oxygens (including phenoxy) is 2. The Bertz CT molecular complexity index is 562. The maximum absolute atomic E-state index is 13.4. The number of benzene rings is 1. The van der Waals surface area contributed by atoms with Gasteiger partial charge in [-0.25, -0.2) is 4.39 Å². The minimum Gasteiger partial charge on any atom is -0.489 e. The minimum absolute atomic E-state index is 0.00690. The van der Waals surface area contributed by atoms with Crippen molar-refractivity contribution in [3.63, 3.8) is 0 Å². The summed E-state index contributed by atoms with van der Waals surface area (Å²) in [4.78, 5) is 22.8. The van der Waals surface area contributed by atoms with Crippen LogP contribution in [0.5, 0.6) is 5.75 Å². The first-order valence-corrected chi connectivity index (χ1v) is 7.39. The first-order chi connectivity index (χ1) is 11.1. The molecule has 0 bridgehead atoms. The Labute approximate surface area is 133 Å². The van der Waals surface area contributed by atoms with Crippen LogP contribution in [0.25, 0.3) is 0 Å². The van der Waals surface area contributed by atoms with Gasteiger partial charge in [-0.2, -0.15) is 0 Å². The van der Waals surface area contributed by atoms with E-state index in [1.807, 2.05) is 0 Å². The number of hydrogen-bond acceptors (Lipinski definition) is 5. The van der Waals surface area contributed by atoms with Gasteiger partial charge < -0.3 is 25.8 Å². The zero-order chi connectivity index (χ0) is 16.7. The van der Waals surface area contributed by atoms with Crippen LogP contribution in [0.3, 0.4) is 0 Å². The van der Waals surface area contributed by atoms with Gasteiger partial charge in [0, 0.05) is 12.7 Å². The van der Waals surface area contributed by atoms with Gasteiger partial charge in [0.15, 0.2) is 0 Å². The lowest BCUT2D eigenvalue weighted by atomic mass is 10.2. The highest BCUT2D eigenvalue weighted by atomic mass is 19.1. The molecule has 23 heavy (non-hydrogen) atoms.